The maximum absolute atomic E-state index is 12.8. The Balaban J connectivity index is 4.31. The lowest BCUT2D eigenvalue weighted by atomic mass is 10.0. The minimum atomic E-state index is -0.777. The Morgan fingerprint density at radius 2 is 0.574 bits per heavy atom. The third-order valence-electron chi connectivity index (χ3n) is 12.5. The van der Waals surface area contributed by atoms with Gasteiger partial charge in [0.05, 0.1) is 0 Å². The average Bonchev–Trinajstić information content (AvgIpc) is 3.34. The van der Waals surface area contributed by atoms with E-state index in [2.05, 4.69) is 93.7 Å². The van der Waals surface area contributed by atoms with Gasteiger partial charge in [0.25, 0.3) is 0 Å². The largest absolute Gasteiger partial charge is 0.462 e. The van der Waals surface area contributed by atoms with E-state index in [4.69, 9.17) is 14.2 Å². The Kier molecular flexibility index (Phi) is 53.8. The fraction of sp³-hybridized carbons (Fsp3) is 0.758. The van der Waals surface area contributed by atoms with Crippen molar-refractivity contribution in [1.29, 1.82) is 0 Å². The maximum atomic E-state index is 12.8. The molecule has 0 bridgehead atoms. The van der Waals surface area contributed by atoms with Gasteiger partial charge < -0.3 is 14.2 Å². The molecule has 0 heterocycles. The van der Waals surface area contributed by atoms with Gasteiger partial charge in [0.2, 0.25) is 0 Å². The third-order valence-corrected chi connectivity index (χ3v) is 12.5. The predicted octanol–water partition coefficient (Wildman–Crippen LogP) is 19.4. The topological polar surface area (TPSA) is 78.9 Å². The second-order valence-electron chi connectivity index (χ2n) is 19.2. The van der Waals surface area contributed by atoms with Gasteiger partial charge >= 0.3 is 17.9 Å². The molecule has 0 aromatic rings. The fourth-order valence-electron chi connectivity index (χ4n) is 8.15. The highest BCUT2D eigenvalue weighted by Gasteiger charge is 2.19. The molecule has 0 aliphatic heterocycles. The van der Waals surface area contributed by atoms with Crippen LogP contribution in [0.15, 0.2) is 72.9 Å². The van der Waals surface area contributed by atoms with E-state index in [9.17, 15) is 14.4 Å². The molecule has 6 nitrogen and oxygen atoms in total. The van der Waals surface area contributed by atoms with Crippen LogP contribution in [0.5, 0.6) is 0 Å². The molecule has 0 aromatic carbocycles. The quantitative estimate of drug-likeness (QED) is 0.0262. The van der Waals surface area contributed by atoms with Crippen LogP contribution in [-0.2, 0) is 28.6 Å². The monoisotopic (exact) mass is 949 g/mol. The van der Waals surface area contributed by atoms with Crippen molar-refractivity contribution < 1.29 is 28.6 Å². The van der Waals surface area contributed by atoms with Crippen molar-refractivity contribution in [2.75, 3.05) is 13.2 Å². The summed E-state index contributed by atoms with van der Waals surface area (Å²) in [5.41, 5.74) is 0. The molecular weight excluding hydrogens is 841 g/mol. The minimum Gasteiger partial charge on any atom is -0.462 e. The molecule has 0 fully saturated rings. The van der Waals surface area contributed by atoms with Crippen LogP contribution >= 0.6 is 0 Å². The molecule has 392 valence electrons. The number of rotatable bonds is 52. The summed E-state index contributed by atoms with van der Waals surface area (Å²) < 4.78 is 16.8. The number of ether oxygens (including phenoxy) is 3. The van der Waals surface area contributed by atoms with Crippen LogP contribution in [0.25, 0.3) is 0 Å². The zero-order chi connectivity index (χ0) is 49.3. The van der Waals surface area contributed by atoms with Crippen LogP contribution in [0.3, 0.4) is 0 Å². The van der Waals surface area contributed by atoms with Crippen LogP contribution < -0.4 is 0 Å². The summed E-state index contributed by atoms with van der Waals surface area (Å²) in [5, 5.41) is 0. The van der Waals surface area contributed by atoms with Gasteiger partial charge in [-0.3, -0.25) is 14.4 Å². The molecule has 0 aliphatic rings. The zero-order valence-corrected chi connectivity index (χ0v) is 44.9. The number of allylic oxidation sites excluding steroid dienone is 12. The highest BCUT2D eigenvalue weighted by molar-refractivity contribution is 5.71. The van der Waals surface area contributed by atoms with Gasteiger partial charge in [-0.25, -0.2) is 0 Å². The fourth-order valence-corrected chi connectivity index (χ4v) is 8.15. The van der Waals surface area contributed by atoms with Gasteiger partial charge in [-0.1, -0.05) is 267 Å². The van der Waals surface area contributed by atoms with E-state index in [1.165, 1.54) is 141 Å². The van der Waals surface area contributed by atoms with Gasteiger partial charge in [-0.15, -0.1) is 0 Å². The molecular formula is C62H108O6. The summed E-state index contributed by atoms with van der Waals surface area (Å²) in [7, 11) is 0. The summed E-state index contributed by atoms with van der Waals surface area (Å²) in [4.78, 5) is 38.1. The van der Waals surface area contributed by atoms with E-state index >= 15 is 0 Å². The molecule has 6 heteroatoms. The lowest BCUT2D eigenvalue weighted by molar-refractivity contribution is -0.167. The van der Waals surface area contributed by atoms with Crippen LogP contribution in [0.2, 0.25) is 0 Å². The first-order chi connectivity index (χ1) is 33.5. The lowest BCUT2D eigenvalue weighted by Crippen LogP contribution is -2.30. The van der Waals surface area contributed by atoms with Crippen molar-refractivity contribution in [3.05, 3.63) is 72.9 Å². The van der Waals surface area contributed by atoms with Crippen molar-refractivity contribution in [2.45, 2.75) is 290 Å². The Morgan fingerprint density at radius 3 is 0.897 bits per heavy atom. The summed E-state index contributed by atoms with van der Waals surface area (Å²) in [6.07, 6.45) is 71.8. The minimum absolute atomic E-state index is 0.0761. The van der Waals surface area contributed by atoms with Crippen molar-refractivity contribution in [1.82, 2.24) is 0 Å². The molecule has 1 unspecified atom stereocenters. The summed E-state index contributed by atoms with van der Waals surface area (Å²) in [5.74, 6) is -0.881. The second-order valence-corrected chi connectivity index (χ2v) is 19.2. The molecule has 0 N–H and O–H groups in total. The standard InChI is InChI=1S/C62H108O6/c1-4-7-10-13-16-19-22-25-26-27-28-29-30-31-32-33-34-35-36-38-40-43-46-49-52-55-61(64)67-58-59(57-66-60(63)54-51-48-45-42-39-24-21-18-15-12-9-6-3)68-62(65)56-53-50-47-44-41-37-23-20-17-14-11-8-5-2/h7,10,16,19,25-26,28-29,31-32,34-35,59H,4-6,8-9,11-15,17-18,20-24,27,30,33,36-58H2,1-3H3/b10-7-,19-16-,26-25-,29-28-,32-31-,35-34-. The molecule has 0 rings (SSSR count). The number of hydrogen-bond acceptors (Lipinski definition) is 6. The molecule has 0 aromatic heterocycles. The first kappa shape index (κ1) is 64.8. The predicted molar refractivity (Wildman–Crippen MR) is 293 cm³/mol. The molecule has 1 atom stereocenters. The lowest BCUT2D eigenvalue weighted by Gasteiger charge is -2.18. The number of hydrogen-bond donors (Lipinski definition) is 0. The molecule has 0 amide bonds. The molecule has 0 spiro atoms. The number of carbonyl (C=O) groups is 3. The Morgan fingerprint density at radius 1 is 0.309 bits per heavy atom. The van der Waals surface area contributed by atoms with Crippen molar-refractivity contribution in [3.63, 3.8) is 0 Å². The van der Waals surface area contributed by atoms with E-state index < -0.39 is 6.10 Å². The SMILES string of the molecule is CC/C=C\C/C=C\C/C=C\C/C=C\C/C=C\C/C=C\CCCCCCCCC(=O)OCC(COC(=O)CCCCCCCCCCCCCC)OC(=O)CCCCCCCCCCCCCCC. The Bertz CT molecular complexity index is 1270. The maximum Gasteiger partial charge on any atom is 0.306 e. The van der Waals surface area contributed by atoms with Crippen molar-refractivity contribution >= 4 is 17.9 Å². The number of carbonyl (C=O) groups excluding carboxylic acids is 3. The molecule has 0 radical (unpaired) electrons. The van der Waals surface area contributed by atoms with E-state index in [0.29, 0.717) is 19.3 Å². The van der Waals surface area contributed by atoms with Gasteiger partial charge in [0.1, 0.15) is 13.2 Å². The van der Waals surface area contributed by atoms with Gasteiger partial charge in [-0.05, 0) is 70.6 Å². The van der Waals surface area contributed by atoms with E-state index in [0.717, 1.165) is 103 Å². The smallest absolute Gasteiger partial charge is 0.306 e. The van der Waals surface area contributed by atoms with Crippen LogP contribution in [-0.4, -0.2) is 37.2 Å². The zero-order valence-electron chi connectivity index (χ0n) is 44.9. The average molecular weight is 950 g/mol. The molecule has 0 saturated heterocycles. The third kappa shape index (κ3) is 53.8. The highest BCUT2D eigenvalue weighted by atomic mass is 16.6. The Hall–Kier alpha value is -3.15. The van der Waals surface area contributed by atoms with E-state index in [1.54, 1.807) is 0 Å². The summed E-state index contributed by atoms with van der Waals surface area (Å²) >= 11 is 0. The Labute approximate surface area is 421 Å². The van der Waals surface area contributed by atoms with Crippen LogP contribution in [0.1, 0.15) is 284 Å². The van der Waals surface area contributed by atoms with E-state index in [-0.39, 0.29) is 31.1 Å². The molecule has 68 heavy (non-hydrogen) atoms. The second kappa shape index (κ2) is 56.4. The number of esters is 3. The summed E-state index contributed by atoms with van der Waals surface area (Å²) in [6.45, 7) is 6.53. The highest BCUT2D eigenvalue weighted by Crippen LogP contribution is 2.16. The van der Waals surface area contributed by atoms with Crippen LogP contribution in [0, 0.1) is 0 Å². The van der Waals surface area contributed by atoms with E-state index in [1.807, 2.05) is 0 Å². The first-order valence-corrected chi connectivity index (χ1v) is 28.9. The molecule has 0 saturated carbocycles. The van der Waals surface area contributed by atoms with Crippen molar-refractivity contribution in [3.8, 4) is 0 Å². The molecule has 0 aliphatic carbocycles. The van der Waals surface area contributed by atoms with Crippen LogP contribution in [0.4, 0.5) is 0 Å². The first-order valence-electron chi connectivity index (χ1n) is 28.9. The number of unbranched alkanes of at least 4 members (excludes halogenated alkanes) is 29. The van der Waals surface area contributed by atoms with Crippen molar-refractivity contribution in [2.24, 2.45) is 0 Å². The van der Waals surface area contributed by atoms with Gasteiger partial charge in [-0.2, -0.15) is 0 Å². The van der Waals surface area contributed by atoms with Gasteiger partial charge in [0.15, 0.2) is 6.10 Å². The normalized spacial score (nSPS) is 12.6. The summed E-state index contributed by atoms with van der Waals surface area (Å²) in [6, 6.07) is 0. The van der Waals surface area contributed by atoms with Gasteiger partial charge in [0, 0.05) is 19.3 Å².